The summed E-state index contributed by atoms with van der Waals surface area (Å²) < 4.78 is 68.4. The molecule has 0 aromatic carbocycles. The normalized spacial score (nSPS) is 13.9. The zero-order valence-electron chi connectivity index (χ0n) is 60.2. The molecule has 19 heteroatoms. The summed E-state index contributed by atoms with van der Waals surface area (Å²) >= 11 is 0. The van der Waals surface area contributed by atoms with E-state index in [0.717, 1.165) is 96.3 Å². The zero-order chi connectivity index (χ0) is 68.2. The van der Waals surface area contributed by atoms with Crippen LogP contribution in [0.25, 0.3) is 0 Å². The van der Waals surface area contributed by atoms with Crippen molar-refractivity contribution < 1.29 is 80.2 Å². The molecule has 93 heavy (non-hydrogen) atoms. The van der Waals surface area contributed by atoms with Gasteiger partial charge in [-0.15, -0.1) is 0 Å². The molecule has 2 unspecified atom stereocenters. The van der Waals surface area contributed by atoms with Gasteiger partial charge in [-0.3, -0.25) is 37.3 Å². The predicted molar refractivity (Wildman–Crippen MR) is 377 cm³/mol. The minimum atomic E-state index is -4.95. The number of aliphatic hydroxyl groups excluding tert-OH is 1. The Balaban J connectivity index is 5.20. The number of carbonyl (C=O) groups is 4. The number of ether oxygens (including phenoxy) is 4. The Morgan fingerprint density at radius 3 is 0.634 bits per heavy atom. The third kappa shape index (κ3) is 68.4. The van der Waals surface area contributed by atoms with Gasteiger partial charge in [-0.25, -0.2) is 9.13 Å². The molecule has 0 saturated carbocycles. The fraction of sp³-hybridized carbons (Fsp3) is 0.946. The van der Waals surface area contributed by atoms with Crippen LogP contribution in [0.3, 0.4) is 0 Å². The number of hydrogen-bond donors (Lipinski definition) is 3. The molecule has 0 rings (SSSR count). The Bertz CT molecular complexity index is 1770. The Morgan fingerprint density at radius 1 is 0.258 bits per heavy atom. The van der Waals surface area contributed by atoms with Gasteiger partial charge in [0.05, 0.1) is 26.4 Å². The molecule has 552 valence electrons. The van der Waals surface area contributed by atoms with E-state index in [-0.39, 0.29) is 25.7 Å². The molecule has 0 spiro atoms. The van der Waals surface area contributed by atoms with Gasteiger partial charge in [0.2, 0.25) is 0 Å². The number of esters is 4. The molecular formula is C74H144O17P2. The molecule has 5 atom stereocenters. The van der Waals surface area contributed by atoms with Crippen LogP contribution in [0.4, 0.5) is 0 Å². The Morgan fingerprint density at radius 2 is 0.430 bits per heavy atom. The second kappa shape index (κ2) is 68.6. The molecule has 0 aliphatic heterocycles. The van der Waals surface area contributed by atoms with E-state index < -0.39 is 97.5 Å². The summed E-state index contributed by atoms with van der Waals surface area (Å²) in [4.78, 5) is 72.6. The van der Waals surface area contributed by atoms with Crippen LogP contribution in [-0.2, 0) is 65.4 Å². The van der Waals surface area contributed by atoms with Crippen molar-refractivity contribution in [3.05, 3.63) is 0 Å². The number of rotatable bonds is 75. The van der Waals surface area contributed by atoms with Gasteiger partial charge < -0.3 is 33.8 Å². The van der Waals surface area contributed by atoms with E-state index in [1.807, 2.05) is 0 Å². The van der Waals surface area contributed by atoms with Crippen molar-refractivity contribution in [1.29, 1.82) is 0 Å². The minimum absolute atomic E-state index is 0.107. The van der Waals surface area contributed by atoms with Crippen molar-refractivity contribution in [2.75, 3.05) is 39.6 Å². The lowest BCUT2D eigenvalue weighted by Crippen LogP contribution is -2.30. The second-order valence-electron chi connectivity index (χ2n) is 26.7. The van der Waals surface area contributed by atoms with Crippen LogP contribution in [-0.4, -0.2) is 96.7 Å². The molecule has 0 amide bonds. The van der Waals surface area contributed by atoms with Crippen LogP contribution in [0, 0.1) is 0 Å². The number of phosphoric acid groups is 2. The van der Waals surface area contributed by atoms with E-state index in [1.54, 1.807) is 0 Å². The summed E-state index contributed by atoms with van der Waals surface area (Å²) in [7, 11) is -9.90. The highest BCUT2D eigenvalue weighted by atomic mass is 31.2. The molecule has 0 aliphatic rings. The first-order valence-electron chi connectivity index (χ1n) is 38.8. The van der Waals surface area contributed by atoms with Gasteiger partial charge in [0, 0.05) is 25.7 Å². The smallest absolute Gasteiger partial charge is 0.462 e. The van der Waals surface area contributed by atoms with Gasteiger partial charge in [-0.1, -0.05) is 342 Å². The van der Waals surface area contributed by atoms with Crippen molar-refractivity contribution in [1.82, 2.24) is 0 Å². The van der Waals surface area contributed by atoms with Crippen LogP contribution < -0.4 is 0 Å². The van der Waals surface area contributed by atoms with Crippen molar-refractivity contribution in [2.24, 2.45) is 0 Å². The number of carbonyl (C=O) groups excluding carboxylic acids is 4. The van der Waals surface area contributed by atoms with Gasteiger partial charge in [-0.2, -0.15) is 0 Å². The first kappa shape index (κ1) is 91.1. The minimum Gasteiger partial charge on any atom is -0.462 e. The van der Waals surface area contributed by atoms with E-state index in [1.165, 1.54) is 218 Å². The third-order valence-corrected chi connectivity index (χ3v) is 19.3. The van der Waals surface area contributed by atoms with Crippen LogP contribution in [0.2, 0.25) is 0 Å². The largest absolute Gasteiger partial charge is 0.472 e. The third-order valence-electron chi connectivity index (χ3n) is 17.4. The number of unbranched alkanes of at least 4 members (excludes halogenated alkanes) is 49. The molecule has 0 aliphatic carbocycles. The molecule has 0 heterocycles. The lowest BCUT2D eigenvalue weighted by molar-refractivity contribution is -0.161. The van der Waals surface area contributed by atoms with Gasteiger partial charge >= 0.3 is 39.5 Å². The van der Waals surface area contributed by atoms with Gasteiger partial charge in [-0.05, 0) is 25.7 Å². The molecule has 3 N–H and O–H groups in total. The summed E-state index contributed by atoms with van der Waals surface area (Å²) in [5.74, 6) is -2.12. The Kier molecular flexibility index (Phi) is 67.1. The first-order valence-corrected chi connectivity index (χ1v) is 41.8. The van der Waals surface area contributed by atoms with Crippen LogP contribution >= 0.6 is 15.6 Å². The number of aliphatic hydroxyl groups is 1. The predicted octanol–water partition coefficient (Wildman–Crippen LogP) is 21.8. The van der Waals surface area contributed by atoms with E-state index in [0.29, 0.717) is 25.7 Å². The maximum atomic E-state index is 13.1. The maximum absolute atomic E-state index is 13.1. The number of hydrogen-bond acceptors (Lipinski definition) is 15. The second-order valence-corrected chi connectivity index (χ2v) is 29.6. The van der Waals surface area contributed by atoms with Gasteiger partial charge in [0.1, 0.15) is 19.3 Å². The molecule has 0 aromatic rings. The zero-order valence-corrected chi connectivity index (χ0v) is 62.0. The Labute approximate surface area is 568 Å². The maximum Gasteiger partial charge on any atom is 0.472 e. The molecular weight excluding hydrogens is 1220 g/mol. The highest BCUT2D eigenvalue weighted by Crippen LogP contribution is 2.45. The lowest BCUT2D eigenvalue weighted by Gasteiger charge is -2.21. The molecule has 0 aromatic heterocycles. The highest BCUT2D eigenvalue weighted by Gasteiger charge is 2.30. The first-order chi connectivity index (χ1) is 45.2. The fourth-order valence-corrected chi connectivity index (χ4v) is 13.0. The van der Waals surface area contributed by atoms with Gasteiger partial charge in [0.15, 0.2) is 12.2 Å². The molecule has 0 bridgehead atoms. The summed E-state index contributed by atoms with van der Waals surface area (Å²) in [6.07, 6.45) is 58.3. The SMILES string of the molecule is CCCCCCCCCCCCCCCCCCCC(=O)OC[C@H](COP(=O)(O)OC[C@@H](O)COP(=O)(O)OC[C@@H](COC(=O)CCCCCCCCCC)OC(=O)CCCCCCCCCCCCC)OC(=O)CCCCCCCCCCCCCCCCCCC. The lowest BCUT2D eigenvalue weighted by atomic mass is 10.0. The van der Waals surface area contributed by atoms with E-state index in [9.17, 15) is 43.2 Å². The summed E-state index contributed by atoms with van der Waals surface area (Å²) in [6.45, 7) is 4.95. The monoisotopic (exact) mass is 1370 g/mol. The molecule has 17 nitrogen and oxygen atoms in total. The van der Waals surface area contributed by atoms with Crippen molar-refractivity contribution in [3.8, 4) is 0 Å². The average Bonchev–Trinajstić information content (AvgIpc) is 2.74. The highest BCUT2D eigenvalue weighted by molar-refractivity contribution is 7.47. The summed E-state index contributed by atoms with van der Waals surface area (Å²) in [6, 6.07) is 0. The van der Waals surface area contributed by atoms with E-state index in [2.05, 4.69) is 27.7 Å². The topological polar surface area (TPSA) is 237 Å². The molecule has 0 radical (unpaired) electrons. The van der Waals surface area contributed by atoms with E-state index >= 15 is 0 Å². The van der Waals surface area contributed by atoms with Crippen molar-refractivity contribution in [3.63, 3.8) is 0 Å². The standard InChI is InChI=1S/C74H144O17P2/c1-5-9-13-17-21-25-28-30-32-34-36-38-41-43-47-51-55-59-72(77)85-65-70(91-74(79)61-57-53-49-45-42-39-37-35-33-31-29-26-22-18-14-10-6-2)67-89-93(82,83)87-63-68(75)62-86-92(80,81)88-66-69(64-84-71(76)58-54-50-46-24-20-16-12-8-4)90-73(78)60-56-52-48-44-40-27-23-19-15-11-7-3/h68-70,75H,5-67H2,1-4H3,(H,80,81)(H,82,83)/t68-,69+,70+/m0/s1. The fourth-order valence-electron chi connectivity index (χ4n) is 11.4. The molecule has 0 saturated heterocycles. The Hall–Kier alpha value is -1.94. The van der Waals surface area contributed by atoms with E-state index in [4.69, 9.17) is 37.0 Å². The summed E-state index contributed by atoms with van der Waals surface area (Å²) in [5, 5.41) is 10.6. The van der Waals surface area contributed by atoms with Gasteiger partial charge in [0.25, 0.3) is 0 Å². The van der Waals surface area contributed by atoms with Crippen molar-refractivity contribution >= 4 is 39.5 Å². The average molecular weight is 1370 g/mol. The van der Waals surface area contributed by atoms with Crippen LogP contribution in [0.15, 0.2) is 0 Å². The molecule has 0 fully saturated rings. The van der Waals surface area contributed by atoms with Crippen molar-refractivity contribution in [2.45, 2.75) is 412 Å². The van der Waals surface area contributed by atoms with Crippen LogP contribution in [0.1, 0.15) is 394 Å². The quantitative estimate of drug-likeness (QED) is 0.0222. The summed E-state index contributed by atoms with van der Waals surface area (Å²) in [5.41, 5.74) is 0. The van der Waals surface area contributed by atoms with Crippen LogP contribution in [0.5, 0.6) is 0 Å². The number of phosphoric ester groups is 2.